The number of ether oxygens (including phenoxy) is 4. The lowest BCUT2D eigenvalue weighted by Crippen LogP contribution is -2.47. The number of carbonyl (C=O) groups is 4. The molecule has 0 bridgehead atoms. The second-order valence-corrected chi connectivity index (χ2v) is 3.56. The maximum absolute atomic E-state index is 11.7. The van der Waals surface area contributed by atoms with E-state index in [4.69, 9.17) is 9.47 Å². The number of rotatable bonds is 7. The summed E-state index contributed by atoms with van der Waals surface area (Å²) in [5.41, 5.74) is 0. The molecular weight excluding hydrogens is 272 g/mol. The largest absolute Gasteiger partial charge is 0.463 e. The zero-order valence-corrected chi connectivity index (χ0v) is 11.8. The topological polar surface area (TPSA) is 105 Å². The molecule has 8 heteroatoms. The number of esters is 4. The van der Waals surface area contributed by atoms with Gasteiger partial charge >= 0.3 is 23.9 Å². The third-order valence-electron chi connectivity index (χ3n) is 1.90. The first kappa shape index (κ1) is 17.9. The van der Waals surface area contributed by atoms with Gasteiger partial charge in [-0.25, -0.2) is 9.59 Å². The van der Waals surface area contributed by atoms with Gasteiger partial charge in [-0.05, 0) is 13.8 Å². The summed E-state index contributed by atoms with van der Waals surface area (Å²) in [4.78, 5) is 45.4. The molecule has 2 atom stereocenters. The van der Waals surface area contributed by atoms with E-state index < -0.39 is 36.1 Å². The Kier molecular flexibility index (Phi) is 7.95. The molecule has 20 heavy (non-hydrogen) atoms. The Morgan fingerprint density at radius 3 is 1.25 bits per heavy atom. The monoisotopic (exact) mass is 290 g/mol. The van der Waals surface area contributed by atoms with Crippen LogP contribution >= 0.6 is 0 Å². The first-order valence-electron chi connectivity index (χ1n) is 6.01. The van der Waals surface area contributed by atoms with Crippen molar-refractivity contribution >= 4 is 23.9 Å². The van der Waals surface area contributed by atoms with Gasteiger partial charge < -0.3 is 18.9 Å². The van der Waals surface area contributed by atoms with Crippen molar-refractivity contribution in [3.63, 3.8) is 0 Å². The zero-order chi connectivity index (χ0) is 15.7. The smallest absolute Gasteiger partial charge is 0.352 e. The Balaban J connectivity index is 5.24. The predicted octanol–water partition coefficient (Wildman–Crippen LogP) is -0.0240. The van der Waals surface area contributed by atoms with Crippen molar-refractivity contribution in [2.24, 2.45) is 0 Å². The quantitative estimate of drug-likeness (QED) is 0.475. The van der Waals surface area contributed by atoms with E-state index in [-0.39, 0.29) is 13.2 Å². The van der Waals surface area contributed by atoms with Crippen molar-refractivity contribution in [2.45, 2.75) is 39.9 Å². The van der Waals surface area contributed by atoms with E-state index in [0.717, 1.165) is 13.8 Å². The van der Waals surface area contributed by atoms with Crippen LogP contribution in [0.3, 0.4) is 0 Å². The van der Waals surface area contributed by atoms with Gasteiger partial charge in [0.1, 0.15) is 0 Å². The van der Waals surface area contributed by atoms with Gasteiger partial charge in [0.25, 0.3) is 0 Å². The van der Waals surface area contributed by atoms with Gasteiger partial charge in [-0.1, -0.05) is 0 Å². The molecular formula is C12H18O8. The Hall–Kier alpha value is -2.12. The molecule has 0 saturated heterocycles. The SMILES string of the molecule is CCOC(=O)C(OC(C)=O)C(OC(C)=O)C(=O)OCC. The lowest BCUT2D eigenvalue weighted by Gasteiger charge is -2.23. The molecule has 0 aromatic carbocycles. The van der Waals surface area contributed by atoms with Crippen LogP contribution < -0.4 is 0 Å². The highest BCUT2D eigenvalue weighted by Gasteiger charge is 2.41. The number of hydrogen-bond donors (Lipinski definition) is 0. The van der Waals surface area contributed by atoms with Crippen LogP contribution in [-0.2, 0) is 38.1 Å². The first-order valence-corrected chi connectivity index (χ1v) is 6.01. The normalized spacial score (nSPS) is 12.8. The highest BCUT2D eigenvalue weighted by Crippen LogP contribution is 2.10. The fraction of sp³-hybridized carbons (Fsp3) is 0.667. The fourth-order valence-electron chi connectivity index (χ4n) is 1.27. The van der Waals surface area contributed by atoms with Crippen molar-refractivity contribution in [1.29, 1.82) is 0 Å². The minimum Gasteiger partial charge on any atom is -0.463 e. The van der Waals surface area contributed by atoms with Crippen molar-refractivity contribution < 1.29 is 38.1 Å². The average molecular weight is 290 g/mol. The molecule has 114 valence electrons. The van der Waals surface area contributed by atoms with Gasteiger partial charge in [-0.15, -0.1) is 0 Å². The summed E-state index contributed by atoms with van der Waals surface area (Å²) in [6.07, 6.45) is -3.40. The second kappa shape index (κ2) is 8.89. The van der Waals surface area contributed by atoms with E-state index in [1.807, 2.05) is 0 Å². The van der Waals surface area contributed by atoms with E-state index in [0.29, 0.717) is 0 Å². The molecule has 0 radical (unpaired) electrons. The molecule has 0 spiro atoms. The van der Waals surface area contributed by atoms with Crippen LogP contribution in [0.2, 0.25) is 0 Å². The highest BCUT2D eigenvalue weighted by molar-refractivity contribution is 5.89. The lowest BCUT2D eigenvalue weighted by molar-refractivity contribution is -0.190. The van der Waals surface area contributed by atoms with Crippen LogP contribution in [0, 0.1) is 0 Å². The van der Waals surface area contributed by atoms with E-state index >= 15 is 0 Å². The van der Waals surface area contributed by atoms with Gasteiger partial charge in [-0.2, -0.15) is 0 Å². The standard InChI is InChI=1S/C12H18O8/c1-5-17-11(15)9(19-7(3)13)10(20-8(4)14)12(16)18-6-2/h9-10H,5-6H2,1-4H3. The van der Waals surface area contributed by atoms with Crippen molar-refractivity contribution in [3.8, 4) is 0 Å². The molecule has 0 aliphatic rings. The molecule has 0 aromatic heterocycles. The second-order valence-electron chi connectivity index (χ2n) is 3.56. The van der Waals surface area contributed by atoms with E-state index in [2.05, 4.69) is 9.47 Å². The van der Waals surface area contributed by atoms with Crippen LogP contribution in [0.4, 0.5) is 0 Å². The van der Waals surface area contributed by atoms with Crippen LogP contribution in [0.15, 0.2) is 0 Å². The highest BCUT2D eigenvalue weighted by atomic mass is 16.6. The van der Waals surface area contributed by atoms with E-state index in [9.17, 15) is 19.2 Å². The molecule has 0 fully saturated rings. The average Bonchev–Trinajstić information content (AvgIpc) is 2.33. The minimum atomic E-state index is -1.70. The minimum absolute atomic E-state index is 0.00617. The van der Waals surface area contributed by atoms with Gasteiger partial charge in [0.05, 0.1) is 13.2 Å². The molecule has 0 aliphatic carbocycles. The van der Waals surface area contributed by atoms with Gasteiger partial charge in [0, 0.05) is 13.8 Å². The molecule has 0 aliphatic heterocycles. The molecule has 0 saturated carbocycles. The van der Waals surface area contributed by atoms with Crippen molar-refractivity contribution in [3.05, 3.63) is 0 Å². The molecule has 0 aromatic rings. The summed E-state index contributed by atoms with van der Waals surface area (Å²) >= 11 is 0. The van der Waals surface area contributed by atoms with Gasteiger partial charge in [-0.3, -0.25) is 9.59 Å². The maximum atomic E-state index is 11.7. The first-order chi connectivity index (χ1) is 9.33. The molecule has 0 amide bonds. The van der Waals surface area contributed by atoms with Gasteiger partial charge in [0.2, 0.25) is 12.2 Å². The summed E-state index contributed by atoms with van der Waals surface area (Å²) in [6.45, 7) is 5.17. The Labute approximate surface area is 116 Å². The molecule has 2 unspecified atom stereocenters. The van der Waals surface area contributed by atoms with Crippen LogP contribution in [0.1, 0.15) is 27.7 Å². The Morgan fingerprint density at radius 1 is 0.750 bits per heavy atom. The van der Waals surface area contributed by atoms with Crippen LogP contribution in [-0.4, -0.2) is 49.3 Å². The van der Waals surface area contributed by atoms with E-state index in [1.54, 1.807) is 0 Å². The predicted molar refractivity (Wildman–Crippen MR) is 64.4 cm³/mol. The molecule has 8 nitrogen and oxygen atoms in total. The van der Waals surface area contributed by atoms with E-state index in [1.165, 1.54) is 13.8 Å². The fourth-order valence-corrected chi connectivity index (χ4v) is 1.27. The lowest BCUT2D eigenvalue weighted by atomic mass is 10.2. The number of hydrogen-bond acceptors (Lipinski definition) is 8. The molecule has 0 N–H and O–H groups in total. The summed E-state index contributed by atoms with van der Waals surface area (Å²) in [5.74, 6) is -3.65. The molecule has 0 rings (SSSR count). The Bertz CT molecular complexity index is 340. The summed E-state index contributed by atoms with van der Waals surface area (Å²) in [5, 5.41) is 0. The van der Waals surface area contributed by atoms with Crippen LogP contribution in [0.25, 0.3) is 0 Å². The Morgan fingerprint density at radius 2 is 1.05 bits per heavy atom. The third-order valence-corrected chi connectivity index (χ3v) is 1.90. The number of carbonyl (C=O) groups excluding carboxylic acids is 4. The summed E-state index contributed by atoms with van der Waals surface area (Å²) < 4.78 is 18.8. The summed E-state index contributed by atoms with van der Waals surface area (Å²) in [6, 6.07) is 0. The molecule has 0 heterocycles. The maximum Gasteiger partial charge on any atom is 0.352 e. The van der Waals surface area contributed by atoms with Crippen molar-refractivity contribution in [2.75, 3.05) is 13.2 Å². The van der Waals surface area contributed by atoms with Gasteiger partial charge in [0.15, 0.2) is 0 Å². The van der Waals surface area contributed by atoms with Crippen molar-refractivity contribution in [1.82, 2.24) is 0 Å². The summed E-state index contributed by atoms with van der Waals surface area (Å²) in [7, 11) is 0. The zero-order valence-electron chi connectivity index (χ0n) is 11.8. The third kappa shape index (κ3) is 6.17. The van der Waals surface area contributed by atoms with Crippen LogP contribution in [0.5, 0.6) is 0 Å².